The summed E-state index contributed by atoms with van der Waals surface area (Å²) in [6, 6.07) is 13.4. The molecule has 0 radical (unpaired) electrons. The molecule has 0 fully saturated rings. The molecule has 0 saturated carbocycles. The van der Waals surface area contributed by atoms with E-state index in [1.54, 1.807) is 10.6 Å². The van der Waals surface area contributed by atoms with E-state index in [1.807, 2.05) is 42.6 Å². The Labute approximate surface area is 134 Å². The summed E-state index contributed by atoms with van der Waals surface area (Å²) in [4.78, 5) is 12.5. The Morgan fingerprint density at radius 2 is 1.73 bits per heavy atom. The topological polar surface area (TPSA) is 31.2 Å². The fraction of sp³-hybridized carbons (Fsp3) is 0.389. The number of hydrogen-bond acceptors (Lipinski definition) is 2. The van der Waals surface area contributed by atoms with E-state index in [9.17, 15) is 4.79 Å². The number of hydrogen-bond donors (Lipinski definition) is 0. The molecule has 118 valence electrons. The van der Waals surface area contributed by atoms with Gasteiger partial charge in [0.1, 0.15) is 0 Å². The van der Waals surface area contributed by atoms with E-state index in [0.717, 1.165) is 11.3 Å². The molecule has 1 unspecified atom stereocenters. The molecule has 1 heterocycles. The summed E-state index contributed by atoms with van der Waals surface area (Å²) < 4.78 is 7.85. The standard InChI is InChI=1S/C18H25NO2Si/c1-18(2,3)17(21-22(4)5)14-11-12-19(16(20)13-14)15-9-7-6-8-10-15/h6-13,17,22H,1-5H3. The Morgan fingerprint density at radius 1 is 1.09 bits per heavy atom. The van der Waals surface area contributed by atoms with Gasteiger partial charge in [0.25, 0.3) is 5.56 Å². The molecule has 0 aliphatic carbocycles. The summed E-state index contributed by atoms with van der Waals surface area (Å²) in [7, 11) is -1.19. The number of nitrogens with zero attached hydrogens (tertiary/aromatic N) is 1. The van der Waals surface area contributed by atoms with Crippen molar-refractivity contribution in [3.05, 3.63) is 64.6 Å². The largest absolute Gasteiger partial charge is 0.413 e. The fourth-order valence-electron chi connectivity index (χ4n) is 2.51. The molecular formula is C18H25NO2Si. The van der Waals surface area contributed by atoms with E-state index in [4.69, 9.17) is 4.43 Å². The maximum absolute atomic E-state index is 12.5. The van der Waals surface area contributed by atoms with Crippen LogP contribution in [0.1, 0.15) is 32.4 Å². The molecule has 3 nitrogen and oxygen atoms in total. The average Bonchev–Trinajstić information content (AvgIpc) is 2.44. The Bertz CT molecular complexity index is 671. The van der Waals surface area contributed by atoms with E-state index < -0.39 is 9.04 Å². The third-order valence-corrected chi connectivity index (χ3v) is 4.29. The second-order valence-electron chi connectivity index (χ2n) is 6.93. The Hall–Kier alpha value is -1.65. The van der Waals surface area contributed by atoms with E-state index in [0.29, 0.717) is 0 Å². The zero-order valence-electron chi connectivity index (χ0n) is 14.0. The zero-order valence-corrected chi connectivity index (χ0v) is 15.2. The van der Waals surface area contributed by atoms with Crippen LogP contribution in [-0.4, -0.2) is 13.6 Å². The van der Waals surface area contributed by atoms with Gasteiger partial charge >= 0.3 is 0 Å². The summed E-state index contributed by atoms with van der Waals surface area (Å²) in [5, 5.41) is 0. The molecule has 2 rings (SSSR count). The lowest BCUT2D eigenvalue weighted by Gasteiger charge is -2.33. The van der Waals surface area contributed by atoms with Crippen molar-refractivity contribution in [1.29, 1.82) is 0 Å². The van der Waals surface area contributed by atoms with Crippen LogP contribution in [-0.2, 0) is 4.43 Å². The second kappa shape index (κ2) is 6.63. The van der Waals surface area contributed by atoms with Crippen molar-refractivity contribution in [2.45, 2.75) is 40.0 Å². The number of benzene rings is 1. The van der Waals surface area contributed by atoms with E-state index in [2.05, 4.69) is 33.9 Å². The third-order valence-electron chi connectivity index (χ3n) is 3.48. The number of aromatic nitrogens is 1. The lowest BCUT2D eigenvalue weighted by Crippen LogP contribution is -2.28. The highest BCUT2D eigenvalue weighted by Gasteiger charge is 2.28. The van der Waals surface area contributed by atoms with E-state index in [1.165, 1.54) is 0 Å². The zero-order chi connectivity index (χ0) is 16.3. The Morgan fingerprint density at radius 3 is 2.23 bits per heavy atom. The molecule has 1 atom stereocenters. The van der Waals surface area contributed by atoms with Gasteiger partial charge in [-0.05, 0) is 42.3 Å². The molecule has 0 bridgehead atoms. The minimum atomic E-state index is -1.19. The molecule has 0 aliphatic rings. The predicted molar refractivity (Wildman–Crippen MR) is 94.2 cm³/mol. The number of para-hydroxylation sites is 1. The van der Waals surface area contributed by atoms with Gasteiger partial charge in [0.15, 0.2) is 9.04 Å². The summed E-state index contributed by atoms with van der Waals surface area (Å²) in [5.41, 5.74) is 1.78. The third kappa shape index (κ3) is 3.96. The molecule has 0 amide bonds. The summed E-state index contributed by atoms with van der Waals surface area (Å²) in [6.45, 7) is 10.8. The number of pyridine rings is 1. The van der Waals surface area contributed by atoms with Crippen LogP contribution in [0.25, 0.3) is 5.69 Å². The highest BCUT2D eigenvalue weighted by atomic mass is 28.3. The van der Waals surface area contributed by atoms with Crippen molar-refractivity contribution in [3.63, 3.8) is 0 Å². The smallest absolute Gasteiger partial charge is 0.255 e. The average molecular weight is 315 g/mol. The predicted octanol–water partition coefficient (Wildman–Crippen LogP) is 3.92. The van der Waals surface area contributed by atoms with Gasteiger partial charge in [-0.3, -0.25) is 9.36 Å². The molecule has 0 N–H and O–H groups in total. The fourth-order valence-corrected chi connectivity index (χ4v) is 3.62. The van der Waals surface area contributed by atoms with Crippen LogP contribution in [0.3, 0.4) is 0 Å². The van der Waals surface area contributed by atoms with Gasteiger partial charge < -0.3 is 4.43 Å². The second-order valence-corrected chi connectivity index (χ2v) is 9.30. The van der Waals surface area contributed by atoms with E-state index >= 15 is 0 Å². The molecular weight excluding hydrogens is 290 g/mol. The van der Waals surface area contributed by atoms with Crippen molar-refractivity contribution < 1.29 is 4.43 Å². The van der Waals surface area contributed by atoms with Crippen molar-refractivity contribution in [2.24, 2.45) is 5.41 Å². The van der Waals surface area contributed by atoms with Crippen molar-refractivity contribution >= 4 is 9.04 Å². The van der Waals surface area contributed by atoms with E-state index in [-0.39, 0.29) is 17.1 Å². The first-order chi connectivity index (χ1) is 10.3. The summed E-state index contributed by atoms with van der Waals surface area (Å²) >= 11 is 0. The molecule has 22 heavy (non-hydrogen) atoms. The van der Waals surface area contributed by atoms with Gasteiger partial charge in [-0.15, -0.1) is 0 Å². The van der Waals surface area contributed by atoms with Gasteiger partial charge in [0.05, 0.1) is 6.10 Å². The SMILES string of the molecule is C[SiH](C)OC(c1ccn(-c2ccccc2)c(=O)c1)C(C)(C)C. The van der Waals surface area contributed by atoms with Crippen molar-refractivity contribution in [3.8, 4) is 5.69 Å². The summed E-state index contributed by atoms with van der Waals surface area (Å²) in [6.07, 6.45) is 1.80. The highest BCUT2D eigenvalue weighted by molar-refractivity contribution is 6.48. The maximum atomic E-state index is 12.5. The van der Waals surface area contributed by atoms with Crippen LogP contribution in [0, 0.1) is 5.41 Å². The molecule has 1 aromatic heterocycles. The molecule has 0 saturated heterocycles. The Kier molecular flexibility index (Phi) is 5.03. The first-order valence-corrected chi connectivity index (χ1v) is 10.5. The van der Waals surface area contributed by atoms with Crippen LogP contribution in [0.5, 0.6) is 0 Å². The van der Waals surface area contributed by atoms with Gasteiger partial charge in [0, 0.05) is 18.0 Å². The Balaban J connectivity index is 2.41. The van der Waals surface area contributed by atoms with Crippen molar-refractivity contribution in [1.82, 2.24) is 4.57 Å². The summed E-state index contributed by atoms with van der Waals surface area (Å²) in [5.74, 6) is 0. The minimum Gasteiger partial charge on any atom is -0.413 e. The van der Waals surface area contributed by atoms with Crippen LogP contribution < -0.4 is 5.56 Å². The van der Waals surface area contributed by atoms with Crippen LogP contribution >= 0.6 is 0 Å². The first-order valence-electron chi connectivity index (χ1n) is 7.72. The van der Waals surface area contributed by atoms with Crippen LogP contribution in [0.15, 0.2) is 53.5 Å². The van der Waals surface area contributed by atoms with Crippen LogP contribution in [0.4, 0.5) is 0 Å². The lowest BCUT2D eigenvalue weighted by atomic mass is 9.85. The number of rotatable bonds is 4. The molecule has 0 aliphatic heterocycles. The van der Waals surface area contributed by atoms with Gasteiger partial charge in [0.2, 0.25) is 0 Å². The molecule has 1 aromatic carbocycles. The van der Waals surface area contributed by atoms with Gasteiger partial charge in [-0.2, -0.15) is 0 Å². The quantitative estimate of drug-likeness (QED) is 0.801. The van der Waals surface area contributed by atoms with Gasteiger partial charge in [-0.25, -0.2) is 0 Å². The highest BCUT2D eigenvalue weighted by Crippen LogP contribution is 2.36. The molecule has 0 spiro atoms. The molecule has 2 aromatic rings. The van der Waals surface area contributed by atoms with Gasteiger partial charge in [-0.1, -0.05) is 39.0 Å². The first kappa shape index (κ1) is 16.7. The van der Waals surface area contributed by atoms with Crippen LogP contribution in [0.2, 0.25) is 13.1 Å². The minimum absolute atomic E-state index is 0.0213. The molecule has 4 heteroatoms. The monoisotopic (exact) mass is 315 g/mol. The normalized spacial score (nSPS) is 13.4. The lowest BCUT2D eigenvalue weighted by molar-refractivity contribution is 0.0864. The van der Waals surface area contributed by atoms with Crippen molar-refractivity contribution in [2.75, 3.05) is 0 Å². The maximum Gasteiger partial charge on any atom is 0.255 e.